The van der Waals surface area contributed by atoms with E-state index in [1.807, 2.05) is 19.0 Å². The first-order valence-corrected chi connectivity index (χ1v) is 8.40. The number of nitrogens with zero attached hydrogens (tertiary/aromatic N) is 3. The van der Waals surface area contributed by atoms with Gasteiger partial charge in [-0.05, 0) is 31.8 Å². The van der Waals surface area contributed by atoms with Gasteiger partial charge in [-0.3, -0.25) is 9.59 Å². The first kappa shape index (κ1) is 16.9. The summed E-state index contributed by atoms with van der Waals surface area (Å²) in [5, 5.41) is 0. The van der Waals surface area contributed by atoms with Crippen LogP contribution in [0.3, 0.4) is 0 Å². The molecule has 24 heavy (non-hydrogen) atoms. The molecule has 130 valence electrons. The highest BCUT2D eigenvalue weighted by molar-refractivity contribution is 5.85. The van der Waals surface area contributed by atoms with Crippen molar-refractivity contribution in [3.63, 3.8) is 0 Å². The minimum absolute atomic E-state index is 0.0253. The van der Waals surface area contributed by atoms with E-state index < -0.39 is 0 Å². The van der Waals surface area contributed by atoms with Crippen molar-refractivity contribution in [2.24, 2.45) is 11.8 Å². The number of likely N-dealkylation sites (N-methyl/N-ethyl adjacent to an activating group) is 1. The summed E-state index contributed by atoms with van der Waals surface area (Å²) in [7, 11) is 3.99. The fraction of sp³-hybridized carbons (Fsp3) is 0.556. The first-order chi connectivity index (χ1) is 11.4. The monoisotopic (exact) mass is 333 g/mol. The molecule has 0 bridgehead atoms. The van der Waals surface area contributed by atoms with Gasteiger partial charge in [0, 0.05) is 38.6 Å². The molecule has 0 N–H and O–H groups in total. The number of likely N-dealkylation sites (tertiary alicyclic amines) is 2. The summed E-state index contributed by atoms with van der Waals surface area (Å²) in [5.41, 5.74) is 0.677. The second kappa shape index (κ2) is 6.89. The summed E-state index contributed by atoms with van der Waals surface area (Å²) < 4.78 is 13.2. The van der Waals surface area contributed by atoms with Crippen LogP contribution in [-0.4, -0.2) is 73.3 Å². The molecule has 2 heterocycles. The molecule has 6 heteroatoms. The second-order valence-corrected chi connectivity index (χ2v) is 7.06. The third-order valence-electron chi connectivity index (χ3n) is 4.94. The average Bonchev–Trinajstić information content (AvgIpc) is 3.05. The standard InChI is InChI=1S/C18H24FN3O2/c1-20(2)6-7-21-10-14-11-22(12-16(14)18(21)24)17(23)9-13-4-3-5-15(19)8-13/h3-5,8,14,16H,6-7,9-12H2,1-2H3. The fourth-order valence-electron chi connectivity index (χ4n) is 3.60. The smallest absolute Gasteiger partial charge is 0.227 e. The average molecular weight is 333 g/mol. The van der Waals surface area contributed by atoms with Crippen molar-refractivity contribution in [2.75, 3.05) is 46.8 Å². The van der Waals surface area contributed by atoms with Crippen LogP contribution in [0.5, 0.6) is 0 Å². The predicted octanol–water partition coefficient (Wildman–Crippen LogP) is 0.847. The Bertz CT molecular complexity index is 634. The van der Waals surface area contributed by atoms with E-state index in [4.69, 9.17) is 0 Å². The summed E-state index contributed by atoms with van der Waals surface area (Å²) in [6.45, 7) is 3.46. The highest BCUT2D eigenvalue weighted by Crippen LogP contribution is 2.32. The molecule has 0 aliphatic carbocycles. The van der Waals surface area contributed by atoms with Crippen LogP contribution in [0.4, 0.5) is 4.39 Å². The van der Waals surface area contributed by atoms with E-state index >= 15 is 0 Å². The highest BCUT2D eigenvalue weighted by atomic mass is 19.1. The highest BCUT2D eigenvalue weighted by Gasteiger charge is 2.46. The summed E-state index contributed by atoms with van der Waals surface area (Å²) in [4.78, 5) is 30.7. The maximum atomic E-state index is 13.2. The van der Waals surface area contributed by atoms with E-state index in [1.54, 1.807) is 17.0 Å². The van der Waals surface area contributed by atoms with Crippen LogP contribution in [0.25, 0.3) is 0 Å². The van der Waals surface area contributed by atoms with Crippen molar-refractivity contribution in [1.29, 1.82) is 0 Å². The molecule has 5 nitrogen and oxygen atoms in total. The van der Waals surface area contributed by atoms with Gasteiger partial charge in [0.1, 0.15) is 5.82 Å². The van der Waals surface area contributed by atoms with Crippen LogP contribution in [0, 0.1) is 17.7 Å². The van der Waals surface area contributed by atoms with Crippen molar-refractivity contribution in [2.45, 2.75) is 6.42 Å². The Kier molecular flexibility index (Phi) is 4.85. The quantitative estimate of drug-likeness (QED) is 0.802. The molecule has 0 spiro atoms. The lowest BCUT2D eigenvalue weighted by Crippen LogP contribution is -2.38. The maximum absolute atomic E-state index is 13.2. The molecule has 2 aliphatic rings. The molecule has 3 rings (SSSR count). The minimum Gasteiger partial charge on any atom is -0.341 e. The number of hydrogen-bond acceptors (Lipinski definition) is 3. The van der Waals surface area contributed by atoms with Crippen molar-refractivity contribution in [3.8, 4) is 0 Å². The Morgan fingerprint density at radius 1 is 1.29 bits per heavy atom. The molecule has 2 amide bonds. The number of benzene rings is 1. The van der Waals surface area contributed by atoms with Crippen LogP contribution in [0.15, 0.2) is 24.3 Å². The Balaban J connectivity index is 1.55. The Hall–Kier alpha value is -1.95. The lowest BCUT2D eigenvalue weighted by molar-refractivity contribution is -0.133. The molecule has 1 aromatic carbocycles. The Labute approximate surface area is 142 Å². The van der Waals surface area contributed by atoms with Crippen molar-refractivity contribution >= 4 is 11.8 Å². The van der Waals surface area contributed by atoms with Gasteiger partial charge in [-0.15, -0.1) is 0 Å². The number of carbonyl (C=O) groups excluding carboxylic acids is 2. The number of rotatable bonds is 5. The fourth-order valence-corrected chi connectivity index (χ4v) is 3.60. The Morgan fingerprint density at radius 3 is 2.75 bits per heavy atom. The van der Waals surface area contributed by atoms with Crippen molar-refractivity contribution < 1.29 is 14.0 Å². The van der Waals surface area contributed by atoms with Crippen LogP contribution >= 0.6 is 0 Å². The van der Waals surface area contributed by atoms with Gasteiger partial charge in [-0.2, -0.15) is 0 Å². The summed E-state index contributed by atoms with van der Waals surface area (Å²) in [5.74, 6) is -0.0180. The molecule has 2 aliphatic heterocycles. The van der Waals surface area contributed by atoms with Gasteiger partial charge in [0.15, 0.2) is 0 Å². The first-order valence-electron chi connectivity index (χ1n) is 8.40. The molecule has 1 aromatic rings. The summed E-state index contributed by atoms with van der Waals surface area (Å²) >= 11 is 0. The Morgan fingerprint density at radius 2 is 2.08 bits per heavy atom. The van der Waals surface area contributed by atoms with E-state index in [0.29, 0.717) is 18.7 Å². The molecule has 2 saturated heterocycles. The number of halogens is 1. The predicted molar refractivity (Wildman–Crippen MR) is 88.8 cm³/mol. The number of amides is 2. The molecule has 0 radical (unpaired) electrons. The molecular weight excluding hydrogens is 309 g/mol. The third kappa shape index (κ3) is 3.59. The van der Waals surface area contributed by atoms with E-state index in [0.717, 1.165) is 19.6 Å². The van der Waals surface area contributed by atoms with Crippen molar-refractivity contribution in [1.82, 2.24) is 14.7 Å². The van der Waals surface area contributed by atoms with Gasteiger partial charge in [0.2, 0.25) is 11.8 Å². The van der Waals surface area contributed by atoms with Crippen LogP contribution < -0.4 is 0 Å². The molecule has 0 saturated carbocycles. The zero-order chi connectivity index (χ0) is 17.3. The zero-order valence-electron chi connectivity index (χ0n) is 14.2. The molecule has 0 aromatic heterocycles. The number of carbonyl (C=O) groups is 2. The SMILES string of the molecule is CN(C)CCN1CC2CN(C(=O)Cc3cccc(F)c3)CC2C1=O. The molecule has 2 fully saturated rings. The van der Waals surface area contributed by atoms with Crippen LogP contribution in [0.2, 0.25) is 0 Å². The van der Waals surface area contributed by atoms with Crippen molar-refractivity contribution in [3.05, 3.63) is 35.6 Å². The van der Waals surface area contributed by atoms with E-state index in [9.17, 15) is 14.0 Å². The van der Waals surface area contributed by atoms with Crippen LogP contribution in [0.1, 0.15) is 5.56 Å². The topological polar surface area (TPSA) is 43.9 Å². The van der Waals surface area contributed by atoms with E-state index in [1.165, 1.54) is 12.1 Å². The van der Waals surface area contributed by atoms with Gasteiger partial charge in [-0.25, -0.2) is 4.39 Å². The third-order valence-corrected chi connectivity index (χ3v) is 4.94. The minimum atomic E-state index is -0.328. The number of hydrogen-bond donors (Lipinski definition) is 0. The lowest BCUT2D eigenvalue weighted by atomic mass is 10.0. The number of fused-ring (bicyclic) bond motifs is 1. The zero-order valence-corrected chi connectivity index (χ0v) is 14.2. The summed E-state index contributed by atoms with van der Waals surface area (Å²) in [6, 6.07) is 6.13. The van der Waals surface area contributed by atoms with Gasteiger partial charge in [0.05, 0.1) is 12.3 Å². The van der Waals surface area contributed by atoms with Gasteiger partial charge in [-0.1, -0.05) is 12.1 Å². The van der Waals surface area contributed by atoms with Crippen LogP contribution in [-0.2, 0) is 16.0 Å². The molecule has 2 atom stereocenters. The normalized spacial score (nSPS) is 23.2. The molecular formula is C18H24FN3O2. The van der Waals surface area contributed by atoms with Gasteiger partial charge < -0.3 is 14.7 Å². The lowest BCUT2D eigenvalue weighted by Gasteiger charge is -2.23. The van der Waals surface area contributed by atoms with Gasteiger partial charge >= 0.3 is 0 Å². The molecule has 2 unspecified atom stereocenters. The van der Waals surface area contributed by atoms with E-state index in [2.05, 4.69) is 4.90 Å². The largest absolute Gasteiger partial charge is 0.341 e. The van der Waals surface area contributed by atoms with Gasteiger partial charge in [0.25, 0.3) is 0 Å². The maximum Gasteiger partial charge on any atom is 0.227 e. The second-order valence-electron chi connectivity index (χ2n) is 7.06. The van der Waals surface area contributed by atoms with E-state index in [-0.39, 0.29) is 35.9 Å². The summed E-state index contributed by atoms with van der Waals surface area (Å²) in [6.07, 6.45) is 0.190.